The minimum absolute atomic E-state index is 0.327. The first-order chi connectivity index (χ1) is 11.7. The first-order valence-corrected chi connectivity index (χ1v) is 7.84. The molecule has 1 N–H and O–H groups in total. The molecule has 3 aromatic rings. The van der Waals surface area contributed by atoms with Crippen LogP contribution in [0.15, 0.2) is 57.7 Å². The Balaban J connectivity index is 1.56. The number of likely N-dealkylation sites (N-methyl/N-ethyl adjacent to an activating group) is 1. The van der Waals surface area contributed by atoms with Crippen molar-refractivity contribution in [3.8, 4) is 11.5 Å². The molecule has 126 valence electrons. The lowest BCUT2D eigenvalue weighted by Crippen LogP contribution is -3.09. The SMILES string of the molecule is COc1ccc(OCC[NH+](C)Cn2c(=O)oc3ccccc32)cc1. The molecule has 1 unspecified atom stereocenters. The fourth-order valence-corrected chi connectivity index (χ4v) is 2.53. The number of fused-ring (bicyclic) bond motifs is 1. The fourth-order valence-electron chi connectivity index (χ4n) is 2.53. The molecule has 0 fully saturated rings. The Labute approximate surface area is 139 Å². The van der Waals surface area contributed by atoms with Gasteiger partial charge in [-0.25, -0.2) is 9.36 Å². The summed E-state index contributed by atoms with van der Waals surface area (Å²) in [5, 5.41) is 0. The van der Waals surface area contributed by atoms with Crippen LogP contribution < -0.4 is 20.1 Å². The van der Waals surface area contributed by atoms with Gasteiger partial charge in [-0.3, -0.25) is 0 Å². The van der Waals surface area contributed by atoms with Crippen molar-refractivity contribution >= 4 is 11.1 Å². The molecule has 0 aliphatic heterocycles. The molecule has 1 atom stereocenters. The van der Waals surface area contributed by atoms with E-state index in [-0.39, 0.29) is 5.76 Å². The number of hydrogen-bond donors (Lipinski definition) is 1. The van der Waals surface area contributed by atoms with Gasteiger partial charge in [-0.1, -0.05) is 12.1 Å². The lowest BCUT2D eigenvalue weighted by molar-refractivity contribution is -0.903. The van der Waals surface area contributed by atoms with Crippen molar-refractivity contribution in [2.45, 2.75) is 6.67 Å². The number of methoxy groups -OCH3 is 1. The van der Waals surface area contributed by atoms with Crippen LogP contribution in [-0.4, -0.2) is 31.9 Å². The van der Waals surface area contributed by atoms with Crippen LogP contribution in [-0.2, 0) is 6.67 Å². The minimum atomic E-state index is -0.327. The van der Waals surface area contributed by atoms with E-state index in [9.17, 15) is 4.79 Å². The van der Waals surface area contributed by atoms with Gasteiger partial charge in [0.2, 0.25) is 0 Å². The molecule has 0 saturated heterocycles. The number of nitrogens with zero attached hydrogens (tertiary/aromatic N) is 1. The van der Waals surface area contributed by atoms with Crippen molar-refractivity contribution in [3.05, 3.63) is 59.1 Å². The normalized spacial score (nSPS) is 12.2. The third-order valence-corrected chi connectivity index (χ3v) is 3.86. The van der Waals surface area contributed by atoms with Crippen molar-refractivity contribution in [1.82, 2.24) is 4.57 Å². The van der Waals surface area contributed by atoms with E-state index in [1.807, 2.05) is 49.5 Å². The van der Waals surface area contributed by atoms with Crippen LogP contribution in [0.5, 0.6) is 11.5 Å². The number of oxazole rings is 1. The molecule has 2 aromatic carbocycles. The number of rotatable bonds is 7. The van der Waals surface area contributed by atoms with Crippen molar-refractivity contribution in [3.63, 3.8) is 0 Å². The number of benzene rings is 2. The maximum atomic E-state index is 12.0. The van der Waals surface area contributed by atoms with Gasteiger partial charge in [0.25, 0.3) is 0 Å². The Kier molecular flexibility index (Phi) is 4.86. The van der Waals surface area contributed by atoms with Crippen LogP contribution >= 0.6 is 0 Å². The molecule has 0 bridgehead atoms. The molecule has 3 rings (SSSR count). The molecule has 6 heteroatoms. The largest absolute Gasteiger partial charge is 0.497 e. The molecule has 1 aromatic heterocycles. The van der Waals surface area contributed by atoms with Crippen LogP contribution in [0.25, 0.3) is 11.1 Å². The van der Waals surface area contributed by atoms with E-state index < -0.39 is 0 Å². The predicted molar refractivity (Wildman–Crippen MR) is 90.7 cm³/mol. The van der Waals surface area contributed by atoms with Gasteiger partial charge in [-0.05, 0) is 36.4 Å². The molecule has 0 radical (unpaired) electrons. The molecule has 1 heterocycles. The van der Waals surface area contributed by atoms with E-state index in [2.05, 4.69) is 0 Å². The molecule has 0 amide bonds. The van der Waals surface area contributed by atoms with E-state index in [0.29, 0.717) is 18.9 Å². The monoisotopic (exact) mass is 329 g/mol. The maximum Gasteiger partial charge on any atom is 0.424 e. The Morgan fingerprint density at radius 2 is 1.79 bits per heavy atom. The zero-order valence-corrected chi connectivity index (χ0v) is 13.8. The molecule has 0 aliphatic rings. The summed E-state index contributed by atoms with van der Waals surface area (Å²) in [7, 11) is 3.65. The van der Waals surface area contributed by atoms with Gasteiger partial charge in [0.05, 0.1) is 19.7 Å². The molecule has 6 nitrogen and oxygen atoms in total. The summed E-state index contributed by atoms with van der Waals surface area (Å²) in [4.78, 5) is 13.1. The lowest BCUT2D eigenvalue weighted by Gasteiger charge is -2.14. The third kappa shape index (κ3) is 3.60. The Morgan fingerprint density at radius 1 is 1.08 bits per heavy atom. The summed E-state index contributed by atoms with van der Waals surface area (Å²) < 4.78 is 17.7. The summed E-state index contributed by atoms with van der Waals surface area (Å²) in [5.74, 6) is 1.28. The fraction of sp³-hybridized carbons (Fsp3) is 0.278. The second-order valence-electron chi connectivity index (χ2n) is 5.65. The van der Waals surface area contributed by atoms with Crippen molar-refractivity contribution in [1.29, 1.82) is 0 Å². The Morgan fingerprint density at radius 3 is 2.54 bits per heavy atom. The Bertz CT molecular complexity index is 851. The smallest absolute Gasteiger partial charge is 0.424 e. The highest BCUT2D eigenvalue weighted by molar-refractivity contribution is 5.72. The summed E-state index contributed by atoms with van der Waals surface area (Å²) in [5.41, 5.74) is 1.43. The van der Waals surface area contributed by atoms with Gasteiger partial charge in [0.15, 0.2) is 12.3 Å². The first kappa shape index (κ1) is 16.1. The maximum absolute atomic E-state index is 12.0. The van der Waals surface area contributed by atoms with Crippen LogP contribution in [0.1, 0.15) is 0 Å². The highest BCUT2D eigenvalue weighted by atomic mass is 16.5. The predicted octanol–water partition coefficient (Wildman–Crippen LogP) is 1.15. The highest BCUT2D eigenvalue weighted by Gasteiger charge is 2.12. The zero-order chi connectivity index (χ0) is 16.9. The van der Waals surface area contributed by atoms with Crippen molar-refractivity contribution in [2.75, 3.05) is 27.3 Å². The topological polar surface area (TPSA) is 58.0 Å². The molecule has 24 heavy (non-hydrogen) atoms. The standard InChI is InChI=1S/C18H20N2O4/c1-19(11-12-23-15-9-7-14(22-2)8-10-15)13-20-16-5-3-4-6-17(16)24-18(20)21/h3-10H,11-13H2,1-2H3/p+1. The van der Waals surface area contributed by atoms with Crippen molar-refractivity contribution in [2.24, 2.45) is 0 Å². The molecular weight excluding hydrogens is 308 g/mol. The minimum Gasteiger partial charge on any atom is -0.497 e. The quantitative estimate of drug-likeness (QED) is 0.707. The van der Waals surface area contributed by atoms with Crippen LogP contribution in [0.3, 0.4) is 0 Å². The number of nitrogens with one attached hydrogen (secondary N) is 1. The van der Waals surface area contributed by atoms with Gasteiger partial charge in [-0.2, -0.15) is 0 Å². The number of hydrogen-bond acceptors (Lipinski definition) is 4. The molecule has 0 aliphatic carbocycles. The van der Waals surface area contributed by atoms with Gasteiger partial charge in [-0.15, -0.1) is 0 Å². The van der Waals surface area contributed by atoms with Crippen LogP contribution in [0.2, 0.25) is 0 Å². The van der Waals surface area contributed by atoms with E-state index in [1.54, 1.807) is 17.7 Å². The van der Waals surface area contributed by atoms with Gasteiger partial charge in [0, 0.05) is 0 Å². The molecule has 0 saturated carbocycles. The van der Waals surface area contributed by atoms with Gasteiger partial charge in [0.1, 0.15) is 24.7 Å². The highest BCUT2D eigenvalue weighted by Crippen LogP contribution is 2.16. The zero-order valence-electron chi connectivity index (χ0n) is 13.8. The Hall–Kier alpha value is -2.73. The van der Waals surface area contributed by atoms with E-state index in [1.165, 1.54) is 0 Å². The lowest BCUT2D eigenvalue weighted by atomic mass is 10.3. The van der Waals surface area contributed by atoms with Gasteiger partial charge >= 0.3 is 5.76 Å². The van der Waals surface area contributed by atoms with E-state index in [0.717, 1.165) is 28.5 Å². The number of aromatic nitrogens is 1. The third-order valence-electron chi connectivity index (χ3n) is 3.86. The number of quaternary nitrogens is 1. The molecular formula is C18H21N2O4+. The molecule has 0 spiro atoms. The average Bonchev–Trinajstić information content (AvgIpc) is 2.91. The summed E-state index contributed by atoms with van der Waals surface area (Å²) >= 11 is 0. The summed E-state index contributed by atoms with van der Waals surface area (Å²) in [6.07, 6.45) is 0. The van der Waals surface area contributed by atoms with Gasteiger partial charge < -0.3 is 18.8 Å². The number of para-hydroxylation sites is 2. The van der Waals surface area contributed by atoms with Crippen molar-refractivity contribution < 1.29 is 18.8 Å². The van der Waals surface area contributed by atoms with Crippen LogP contribution in [0, 0.1) is 0 Å². The van der Waals surface area contributed by atoms with E-state index >= 15 is 0 Å². The first-order valence-electron chi connectivity index (χ1n) is 7.84. The second kappa shape index (κ2) is 7.23. The summed E-state index contributed by atoms with van der Waals surface area (Å²) in [6.45, 7) is 1.85. The number of ether oxygens (including phenoxy) is 2. The van der Waals surface area contributed by atoms with Crippen LogP contribution in [0.4, 0.5) is 0 Å². The average molecular weight is 329 g/mol. The van der Waals surface area contributed by atoms with E-state index in [4.69, 9.17) is 13.9 Å². The second-order valence-corrected chi connectivity index (χ2v) is 5.65. The summed E-state index contributed by atoms with van der Waals surface area (Å²) in [6, 6.07) is 14.9.